The first-order valence-electron chi connectivity index (χ1n) is 7.26. The van der Waals surface area contributed by atoms with Crippen LogP contribution in [0.1, 0.15) is 31.7 Å². The highest BCUT2D eigenvalue weighted by atomic mass is 32.3. The Morgan fingerprint density at radius 3 is 2.26 bits per heavy atom. The van der Waals surface area contributed by atoms with Gasteiger partial charge in [0, 0.05) is 21.1 Å². The number of hydrogen-bond acceptors (Lipinski definition) is 5. The van der Waals surface area contributed by atoms with Gasteiger partial charge in [0.05, 0.1) is 4.90 Å². The zero-order chi connectivity index (χ0) is 17.6. The molecule has 23 heavy (non-hydrogen) atoms. The molecule has 1 unspecified atom stereocenters. The number of rotatable bonds is 7. The van der Waals surface area contributed by atoms with Crippen molar-refractivity contribution in [3.63, 3.8) is 0 Å². The van der Waals surface area contributed by atoms with Gasteiger partial charge in [-0.2, -0.15) is 0 Å². The molecule has 0 aromatic heterocycles. The summed E-state index contributed by atoms with van der Waals surface area (Å²) in [5.41, 5.74) is 1.11. The van der Waals surface area contributed by atoms with Crippen molar-refractivity contribution in [2.75, 3.05) is 27.1 Å². The number of carbonyl (C=O) groups excluding carboxylic acids is 1. The first-order chi connectivity index (χ1) is 10.7. The van der Waals surface area contributed by atoms with E-state index in [0.717, 1.165) is 27.6 Å². The van der Waals surface area contributed by atoms with Crippen molar-refractivity contribution in [1.29, 1.82) is 0 Å². The Morgan fingerprint density at radius 2 is 1.78 bits per heavy atom. The Hall–Kier alpha value is -1.25. The van der Waals surface area contributed by atoms with E-state index < -0.39 is 16.1 Å². The quantitative estimate of drug-likeness (QED) is 0.552. The van der Waals surface area contributed by atoms with E-state index in [4.69, 9.17) is 4.74 Å². The summed E-state index contributed by atoms with van der Waals surface area (Å²) < 4.78 is 30.9. The number of ether oxygens (including phenoxy) is 1. The van der Waals surface area contributed by atoms with Crippen LogP contribution in [0.2, 0.25) is 0 Å². The fourth-order valence-corrected chi connectivity index (χ4v) is 3.72. The third-order valence-corrected chi connectivity index (χ3v) is 6.52. The molecule has 0 saturated heterocycles. The van der Waals surface area contributed by atoms with Gasteiger partial charge in [0.15, 0.2) is 5.94 Å². The first kappa shape index (κ1) is 19.8. The van der Waals surface area contributed by atoms with Crippen molar-refractivity contribution in [2.45, 2.75) is 31.1 Å². The van der Waals surface area contributed by atoms with Gasteiger partial charge >= 0.3 is 6.09 Å². The second-order valence-corrected chi connectivity index (χ2v) is 8.59. The van der Waals surface area contributed by atoms with Crippen molar-refractivity contribution in [1.82, 2.24) is 8.61 Å². The lowest BCUT2D eigenvalue weighted by molar-refractivity contribution is 0.136. The molecule has 0 bridgehead atoms. The fourth-order valence-electron chi connectivity index (χ4n) is 1.70. The molecule has 1 amide bonds. The minimum Gasteiger partial charge on any atom is -0.437 e. The number of benzene rings is 1. The van der Waals surface area contributed by atoms with Gasteiger partial charge in [-0.1, -0.05) is 26.0 Å². The van der Waals surface area contributed by atoms with E-state index in [0.29, 0.717) is 5.92 Å². The number of sulfonamides is 1. The van der Waals surface area contributed by atoms with Crippen LogP contribution in [-0.2, 0) is 14.8 Å². The summed E-state index contributed by atoms with van der Waals surface area (Å²) in [6, 6.07) is 6.90. The van der Waals surface area contributed by atoms with Crippen LogP contribution in [0.4, 0.5) is 4.79 Å². The molecule has 8 heteroatoms. The van der Waals surface area contributed by atoms with Crippen LogP contribution in [0.25, 0.3) is 0 Å². The maximum atomic E-state index is 12.4. The molecular formula is C15H24N2O4S2. The van der Waals surface area contributed by atoms with Gasteiger partial charge in [0.25, 0.3) is 10.0 Å². The monoisotopic (exact) mass is 360 g/mol. The standard InChI is InChI=1S/C15H24N2O4S2/c1-6-12(2)13-7-9-14(10-8-13)23(19,20)17(5)22-11-21-15(18)16(3)4/h7-10,12H,6,11H2,1-5H3. The third kappa shape index (κ3) is 5.40. The fraction of sp³-hybridized carbons (Fsp3) is 0.533. The SMILES string of the molecule is CCC(C)c1ccc(S(=O)(=O)N(C)SCOC(=O)N(C)C)cc1. The summed E-state index contributed by atoms with van der Waals surface area (Å²) in [7, 11) is 0.945. The van der Waals surface area contributed by atoms with Crippen molar-refractivity contribution < 1.29 is 17.9 Å². The van der Waals surface area contributed by atoms with Crippen LogP contribution < -0.4 is 0 Å². The molecule has 0 aliphatic rings. The zero-order valence-corrected chi connectivity index (χ0v) is 15.8. The summed E-state index contributed by atoms with van der Waals surface area (Å²) >= 11 is 0.915. The molecule has 0 saturated carbocycles. The average Bonchev–Trinajstić information content (AvgIpc) is 2.53. The van der Waals surface area contributed by atoms with E-state index in [9.17, 15) is 13.2 Å². The number of carbonyl (C=O) groups is 1. The first-order valence-corrected chi connectivity index (χ1v) is 9.64. The van der Waals surface area contributed by atoms with E-state index in [1.807, 2.05) is 12.1 Å². The van der Waals surface area contributed by atoms with Gasteiger partial charge in [0.2, 0.25) is 0 Å². The van der Waals surface area contributed by atoms with Crippen molar-refractivity contribution in [2.24, 2.45) is 0 Å². The molecule has 0 radical (unpaired) electrons. The van der Waals surface area contributed by atoms with Crippen molar-refractivity contribution >= 4 is 28.1 Å². The van der Waals surface area contributed by atoms with Crippen molar-refractivity contribution in [3.8, 4) is 0 Å². The molecule has 0 aliphatic heterocycles. The van der Waals surface area contributed by atoms with Gasteiger partial charge in [-0.25, -0.2) is 13.2 Å². The lowest BCUT2D eigenvalue weighted by Gasteiger charge is -2.17. The molecule has 6 nitrogen and oxygen atoms in total. The third-order valence-electron chi connectivity index (χ3n) is 3.48. The average molecular weight is 361 g/mol. The van der Waals surface area contributed by atoms with Crippen LogP contribution in [0.5, 0.6) is 0 Å². The van der Waals surface area contributed by atoms with Gasteiger partial charge in [-0.05, 0) is 42.0 Å². The molecule has 1 aromatic carbocycles. The molecule has 0 fully saturated rings. The van der Waals surface area contributed by atoms with Crippen LogP contribution in [0.15, 0.2) is 29.2 Å². The summed E-state index contributed by atoms with van der Waals surface area (Å²) in [5, 5.41) is 0. The Morgan fingerprint density at radius 1 is 1.22 bits per heavy atom. The molecule has 0 N–H and O–H groups in total. The largest absolute Gasteiger partial charge is 0.437 e. The normalized spacial score (nSPS) is 13.0. The van der Waals surface area contributed by atoms with Crippen LogP contribution in [0, 0.1) is 0 Å². The minimum absolute atomic E-state index is 0.0717. The second-order valence-electron chi connectivity index (χ2n) is 5.34. The summed E-state index contributed by atoms with van der Waals surface area (Å²) in [6.45, 7) is 4.19. The predicted octanol–water partition coefficient (Wildman–Crippen LogP) is 3.12. The Bertz CT molecular complexity index is 615. The summed E-state index contributed by atoms with van der Waals surface area (Å²) in [4.78, 5) is 12.8. The van der Waals surface area contributed by atoms with E-state index in [2.05, 4.69) is 13.8 Å². The van der Waals surface area contributed by atoms with E-state index in [-0.39, 0.29) is 10.8 Å². The molecule has 1 atom stereocenters. The van der Waals surface area contributed by atoms with Crippen LogP contribution in [0.3, 0.4) is 0 Å². The molecule has 1 aromatic rings. The van der Waals surface area contributed by atoms with Gasteiger partial charge in [0.1, 0.15) is 0 Å². The molecule has 1 rings (SSSR count). The highest BCUT2D eigenvalue weighted by Crippen LogP contribution is 2.24. The highest BCUT2D eigenvalue weighted by molar-refractivity contribution is 8.08. The maximum absolute atomic E-state index is 12.4. The van der Waals surface area contributed by atoms with Crippen LogP contribution >= 0.6 is 11.9 Å². The van der Waals surface area contributed by atoms with E-state index in [1.54, 1.807) is 26.2 Å². The smallest absolute Gasteiger partial charge is 0.410 e. The second kappa shape index (κ2) is 8.56. The number of amides is 1. The van der Waals surface area contributed by atoms with Gasteiger partial charge in [-0.15, -0.1) is 3.71 Å². The number of nitrogens with zero attached hydrogens (tertiary/aromatic N) is 2. The topological polar surface area (TPSA) is 66.9 Å². The van der Waals surface area contributed by atoms with E-state index in [1.165, 1.54) is 11.9 Å². The predicted molar refractivity (Wildman–Crippen MR) is 92.7 cm³/mol. The summed E-state index contributed by atoms with van der Waals surface area (Å²) in [5.74, 6) is 0.321. The van der Waals surface area contributed by atoms with Crippen molar-refractivity contribution in [3.05, 3.63) is 29.8 Å². The molecular weight excluding hydrogens is 336 g/mol. The Kier molecular flexibility index (Phi) is 7.37. The van der Waals surface area contributed by atoms with Crippen LogP contribution in [-0.4, -0.2) is 50.2 Å². The Labute approximate surface area is 143 Å². The molecule has 130 valence electrons. The lowest BCUT2D eigenvalue weighted by atomic mass is 9.99. The highest BCUT2D eigenvalue weighted by Gasteiger charge is 2.22. The van der Waals surface area contributed by atoms with Gasteiger partial charge in [-0.3, -0.25) is 0 Å². The van der Waals surface area contributed by atoms with Gasteiger partial charge < -0.3 is 9.64 Å². The molecule has 0 aliphatic carbocycles. The maximum Gasteiger partial charge on any atom is 0.410 e. The van der Waals surface area contributed by atoms with E-state index >= 15 is 0 Å². The molecule has 0 spiro atoms. The Balaban J connectivity index is 2.72. The minimum atomic E-state index is -3.61. The lowest BCUT2D eigenvalue weighted by Crippen LogP contribution is -2.25. The summed E-state index contributed by atoms with van der Waals surface area (Å²) in [6.07, 6.45) is 0.486. The zero-order valence-electron chi connectivity index (χ0n) is 14.1. The number of hydrogen-bond donors (Lipinski definition) is 0. The molecule has 0 heterocycles.